The molecule has 2 amide bonds. The Bertz CT molecular complexity index is 415. The number of likely N-dealkylation sites (tertiary alicyclic amines) is 1. The van der Waals surface area contributed by atoms with E-state index < -0.39 is 17.4 Å². The van der Waals surface area contributed by atoms with Crippen LogP contribution in [0.2, 0.25) is 0 Å². The van der Waals surface area contributed by atoms with E-state index in [0.29, 0.717) is 25.8 Å². The van der Waals surface area contributed by atoms with Crippen molar-refractivity contribution in [1.82, 2.24) is 4.90 Å². The zero-order valence-corrected chi connectivity index (χ0v) is 10.8. The molecule has 2 aliphatic rings. The Balaban J connectivity index is 2.28. The van der Waals surface area contributed by atoms with E-state index in [-0.39, 0.29) is 11.7 Å². The molecule has 1 heterocycles. The summed E-state index contributed by atoms with van der Waals surface area (Å²) in [4.78, 5) is 25.6. The Morgan fingerprint density at radius 2 is 1.84 bits per heavy atom. The summed E-state index contributed by atoms with van der Waals surface area (Å²) in [6.07, 6.45) is 4.18. The molecule has 106 valence electrons. The van der Waals surface area contributed by atoms with Crippen LogP contribution in [0.1, 0.15) is 38.5 Å². The van der Waals surface area contributed by atoms with Gasteiger partial charge in [0.05, 0.1) is 0 Å². The van der Waals surface area contributed by atoms with Gasteiger partial charge in [0, 0.05) is 6.54 Å². The summed E-state index contributed by atoms with van der Waals surface area (Å²) in [6.45, 7) is 0.507. The number of oxime groups is 1. The number of carbonyl (C=O) groups excluding carboxylic acids is 2. The normalized spacial score (nSPS) is 26.6. The van der Waals surface area contributed by atoms with Gasteiger partial charge in [0.2, 0.25) is 11.8 Å². The molecule has 2 rings (SSSR count). The van der Waals surface area contributed by atoms with Gasteiger partial charge in [-0.2, -0.15) is 0 Å². The molecule has 0 aromatic heterocycles. The van der Waals surface area contributed by atoms with Crippen LogP contribution in [0.25, 0.3) is 0 Å². The van der Waals surface area contributed by atoms with E-state index in [4.69, 9.17) is 16.7 Å². The number of rotatable bonds is 3. The number of carbonyl (C=O) groups is 2. The lowest BCUT2D eigenvalue weighted by atomic mass is 9.83. The molecule has 1 aliphatic heterocycles. The minimum Gasteiger partial charge on any atom is -0.409 e. The van der Waals surface area contributed by atoms with Crippen molar-refractivity contribution in [3.8, 4) is 0 Å². The van der Waals surface area contributed by atoms with Gasteiger partial charge in [-0.1, -0.05) is 18.0 Å². The van der Waals surface area contributed by atoms with Crippen LogP contribution < -0.4 is 11.5 Å². The van der Waals surface area contributed by atoms with Gasteiger partial charge in [0.1, 0.15) is 11.5 Å². The highest BCUT2D eigenvalue weighted by Gasteiger charge is 2.50. The van der Waals surface area contributed by atoms with Gasteiger partial charge >= 0.3 is 0 Å². The van der Waals surface area contributed by atoms with Gasteiger partial charge < -0.3 is 21.6 Å². The lowest BCUT2D eigenvalue weighted by Gasteiger charge is -2.33. The van der Waals surface area contributed by atoms with E-state index in [2.05, 4.69) is 5.16 Å². The van der Waals surface area contributed by atoms with Crippen molar-refractivity contribution < 1.29 is 14.8 Å². The maximum absolute atomic E-state index is 12.7. The molecule has 7 heteroatoms. The molecular weight excluding hydrogens is 248 g/mol. The second-order valence-corrected chi connectivity index (χ2v) is 5.33. The number of hydrogen-bond donors (Lipinski definition) is 3. The van der Waals surface area contributed by atoms with Gasteiger partial charge in [-0.15, -0.1) is 0 Å². The molecule has 0 bridgehead atoms. The van der Waals surface area contributed by atoms with Crippen molar-refractivity contribution in [2.45, 2.75) is 44.6 Å². The van der Waals surface area contributed by atoms with Crippen molar-refractivity contribution >= 4 is 17.6 Å². The summed E-state index contributed by atoms with van der Waals surface area (Å²) in [6, 6.07) is -0.559. The summed E-state index contributed by atoms with van der Waals surface area (Å²) in [7, 11) is 0. The van der Waals surface area contributed by atoms with Crippen molar-refractivity contribution in [3.05, 3.63) is 0 Å². The molecule has 0 spiro atoms. The van der Waals surface area contributed by atoms with Crippen LogP contribution in [-0.4, -0.2) is 40.3 Å². The highest BCUT2D eigenvalue weighted by atomic mass is 16.4. The Morgan fingerprint density at radius 1 is 1.21 bits per heavy atom. The minimum atomic E-state index is -0.952. The molecule has 2 fully saturated rings. The Hall–Kier alpha value is -1.79. The number of nitrogens with two attached hydrogens (primary N) is 2. The molecule has 19 heavy (non-hydrogen) atoms. The molecule has 7 nitrogen and oxygen atoms in total. The van der Waals surface area contributed by atoms with Crippen LogP contribution in [0, 0.1) is 5.41 Å². The Morgan fingerprint density at radius 3 is 2.37 bits per heavy atom. The van der Waals surface area contributed by atoms with Crippen LogP contribution in [-0.2, 0) is 9.59 Å². The van der Waals surface area contributed by atoms with E-state index in [1.807, 2.05) is 0 Å². The molecular formula is C12H20N4O3. The maximum Gasteiger partial charge on any atom is 0.240 e. The molecule has 0 radical (unpaired) electrons. The summed E-state index contributed by atoms with van der Waals surface area (Å²) >= 11 is 0. The van der Waals surface area contributed by atoms with E-state index in [9.17, 15) is 9.59 Å². The second kappa shape index (κ2) is 5.07. The average molecular weight is 268 g/mol. The number of hydrogen-bond acceptors (Lipinski definition) is 4. The topological polar surface area (TPSA) is 122 Å². The standard InChI is InChI=1S/C12H20N4O3/c13-9(17)8-4-3-7-16(8)11(18)12(10(14)15-19)5-1-2-6-12/h8,19H,1-7H2,(H2,13,17)(H2,14,15). The van der Waals surface area contributed by atoms with E-state index in [1.54, 1.807) is 0 Å². The van der Waals surface area contributed by atoms with Gasteiger partial charge in [0.15, 0.2) is 5.84 Å². The van der Waals surface area contributed by atoms with Gasteiger partial charge in [-0.25, -0.2) is 0 Å². The van der Waals surface area contributed by atoms with Gasteiger partial charge in [-0.05, 0) is 25.7 Å². The Labute approximate surface area is 111 Å². The first-order valence-electron chi connectivity index (χ1n) is 6.61. The average Bonchev–Trinajstić information content (AvgIpc) is 3.06. The summed E-state index contributed by atoms with van der Waals surface area (Å²) in [5.41, 5.74) is 10.1. The molecule has 0 aromatic rings. The lowest BCUT2D eigenvalue weighted by Crippen LogP contribution is -2.53. The van der Waals surface area contributed by atoms with Crippen LogP contribution in [0.15, 0.2) is 5.16 Å². The first-order chi connectivity index (χ1) is 9.03. The van der Waals surface area contributed by atoms with Gasteiger partial charge in [-0.3, -0.25) is 9.59 Å². The van der Waals surface area contributed by atoms with Crippen LogP contribution in [0.4, 0.5) is 0 Å². The highest BCUT2D eigenvalue weighted by Crippen LogP contribution is 2.41. The first-order valence-corrected chi connectivity index (χ1v) is 6.61. The largest absolute Gasteiger partial charge is 0.409 e. The predicted octanol–water partition coefficient (Wildman–Crippen LogP) is -0.230. The number of primary amides is 1. The Kier molecular flexibility index (Phi) is 3.64. The summed E-state index contributed by atoms with van der Waals surface area (Å²) in [5.74, 6) is -0.759. The molecule has 5 N–H and O–H groups in total. The smallest absolute Gasteiger partial charge is 0.240 e. The quantitative estimate of drug-likeness (QED) is 0.283. The molecule has 1 saturated heterocycles. The SMILES string of the molecule is NC(=O)C1CCCN1C(=O)C1(C(N)=NO)CCCC1. The van der Waals surface area contributed by atoms with E-state index in [1.165, 1.54) is 4.90 Å². The third kappa shape index (κ3) is 2.13. The fourth-order valence-electron chi connectivity index (χ4n) is 3.23. The number of amidine groups is 1. The fraction of sp³-hybridized carbons (Fsp3) is 0.750. The van der Waals surface area contributed by atoms with Crippen LogP contribution in [0.5, 0.6) is 0 Å². The van der Waals surface area contributed by atoms with Crippen LogP contribution in [0.3, 0.4) is 0 Å². The number of amides is 2. The lowest BCUT2D eigenvalue weighted by molar-refractivity contribution is -0.143. The van der Waals surface area contributed by atoms with Gasteiger partial charge in [0.25, 0.3) is 0 Å². The highest BCUT2D eigenvalue weighted by molar-refractivity contribution is 6.08. The van der Waals surface area contributed by atoms with E-state index in [0.717, 1.165) is 19.3 Å². The molecule has 1 atom stereocenters. The second-order valence-electron chi connectivity index (χ2n) is 5.33. The molecule has 1 aliphatic carbocycles. The first kappa shape index (κ1) is 13.6. The van der Waals surface area contributed by atoms with Crippen molar-refractivity contribution in [2.75, 3.05) is 6.54 Å². The van der Waals surface area contributed by atoms with Crippen molar-refractivity contribution in [2.24, 2.45) is 22.0 Å². The van der Waals surface area contributed by atoms with Crippen molar-refractivity contribution in [1.29, 1.82) is 0 Å². The third-order valence-electron chi connectivity index (χ3n) is 4.31. The zero-order chi connectivity index (χ0) is 14.0. The molecule has 1 saturated carbocycles. The molecule has 0 aromatic carbocycles. The minimum absolute atomic E-state index is 0.0508. The van der Waals surface area contributed by atoms with E-state index >= 15 is 0 Å². The summed E-state index contributed by atoms with van der Waals surface area (Å²) < 4.78 is 0. The molecule has 1 unspecified atom stereocenters. The third-order valence-corrected chi connectivity index (χ3v) is 4.31. The van der Waals surface area contributed by atoms with Crippen LogP contribution >= 0.6 is 0 Å². The maximum atomic E-state index is 12.7. The monoisotopic (exact) mass is 268 g/mol. The summed E-state index contributed by atoms with van der Waals surface area (Å²) in [5, 5.41) is 12.0. The van der Waals surface area contributed by atoms with Crippen molar-refractivity contribution in [3.63, 3.8) is 0 Å². The number of nitrogens with zero attached hydrogens (tertiary/aromatic N) is 2. The zero-order valence-electron chi connectivity index (χ0n) is 10.8. The predicted molar refractivity (Wildman–Crippen MR) is 68.2 cm³/mol. The fourth-order valence-corrected chi connectivity index (χ4v) is 3.23.